The average molecular weight is 374 g/mol. The van der Waals surface area contributed by atoms with Crippen LogP contribution in [0.4, 0.5) is 0 Å². The van der Waals surface area contributed by atoms with Gasteiger partial charge in [-0.05, 0) is 30.5 Å². The average Bonchev–Trinajstić information content (AvgIpc) is 2.66. The number of benzene rings is 1. The zero-order valence-electron chi connectivity index (χ0n) is 16.4. The zero-order valence-corrected chi connectivity index (χ0v) is 16.4. The van der Waals surface area contributed by atoms with Crippen LogP contribution in [0.3, 0.4) is 0 Å². The monoisotopic (exact) mass is 374 g/mol. The van der Waals surface area contributed by atoms with Crippen molar-refractivity contribution in [3.63, 3.8) is 0 Å². The number of hydrogen-bond acceptors (Lipinski definition) is 4. The molecule has 0 saturated carbocycles. The molecule has 2 amide bonds. The third kappa shape index (κ3) is 5.15. The molecule has 1 N–H and O–H groups in total. The maximum atomic E-state index is 12.4. The van der Waals surface area contributed by atoms with Crippen LogP contribution in [0.25, 0.3) is 0 Å². The molecule has 0 spiro atoms. The summed E-state index contributed by atoms with van der Waals surface area (Å²) in [4.78, 5) is 26.3. The second kappa shape index (κ2) is 8.63. The van der Waals surface area contributed by atoms with Crippen LogP contribution in [0.15, 0.2) is 18.2 Å². The van der Waals surface area contributed by atoms with E-state index in [0.717, 1.165) is 42.7 Å². The van der Waals surface area contributed by atoms with Crippen LogP contribution >= 0.6 is 0 Å². The fraction of sp³-hybridized carbons (Fsp3) is 0.619. The third-order valence-electron chi connectivity index (χ3n) is 5.31. The Morgan fingerprint density at radius 2 is 1.85 bits per heavy atom. The summed E-state index contributed by atoms with van der Waals surface area (Å²) in [5.74, 6) is 1.51. The summed E-state index contributed by atoms with van der Waals surface area (Å²) in [6, 6.07) is 5.93. The summed E-state index contributed by atoms with van der Waals surface area (Å²) in [6.07, 6.45) is 4.68. The Kier molecular flexibility index (Phi) is 6.24. The minimum absolute atomic E-state index is 0.0935. The van der Waals surface area contributed by atoms with Crippen molar-refractivity contribution in [1.82, 2.24) is 10.2 Å². The summed E-state index contributed by atoms with van der Waals surface area (Å²) in [6.45, 7) is 6.61. The minimum atomic E-state index is -0.258. The molecule has 1 fully saturated rings. The van der Waals surface area contributed by atoms with Gasteiger partial charge in [0.15, 0.2) is 11.5 Å². The van der Waals surface area contributed by atoms with Crippen molar-refractivity contribution < 1.29 is 19.1 Å². The van der Waals surface area contributed by atoms with E-state index < -0.39 is 0 Å². The van der Waals surface area contributed by atoms with Gasteiger partial charge < -0.3 is 19.7 Å². The number of likely N-dealkylation sites (tertiary alicyclic amines) is 1. The molecule has 0 aliphatic carbocycles. The zero-order chi connectivity index (χ0) is 19.3. The number of carbonyl (C=O) groups is 2. The highest BCUT2D eigenvalue weighted by Crippen LogP contribution is 2.34. The number of nitrogens with one attached hydrogen (secondary N) is 1. The lowest BCUT2D eigenvalue weighted by atomic mass is 9.84. The van der Waals surface area contributed by atoms with Crippen molar-refractivity contribution in [2.75, 3.05) is 32.8 Å². The predicted octanol–water partition coefficient (Wildman–Crippen LogP) is 2.64. The number of fused-ring (bicyclic) bond motifs is 1. The van der Waals surface area contributed by atoms with Crippen LogP contribution < -0.4 is 14.8 Å². The molecule has 2 heterocycles. The molecular weight excluding hydrogens is 344 g/mol. The van der Waals surface area contributed by atoms with E-state index in [9.17, 15) is 9.59 Å². The molecule has 1 aromatic rings. The SMILES string of the molecule is CC(C)(CNC(=O)CN1CCCCCCC1=O)c1ccc2c(c1)OCCO2. The fourth-order valence-corrected chi connectivity index (χ4v) is 3.50. The first-order chi connectivity index (χ1) is 13.0. The number of carbonyl (C=O) groups excluding carboxylic acids is 2. The Bertz CT molecular complexity index is 687. The van der Waals surface area contributed by atoms with Gasteiger partial charge in [-0.15, -0.1) is 0 Å². The van der Waals surface area contributed by atoms with E-state index in [1.807, 2.05) is 18.2 Å². The summed E-state index contributed by atoms with van der Waals surface area (Å²) in [5.41, 5.74) is 0.820. The van der Waals surface area contributed by atoms with E-state index in [0.29, 0.717) is 32.7 Å². The van der Waals surface area contributed by atoms with Gasteiger partial charge >= 0.3 is 0 Å². The molecule has 3 rings (SSSR count). The lowest BCUT2D eigenvalue weighted by Gasteiger charge is -2.29. The molecular formula is C21H30N2O4. The van der Waals surface area contributed by atoms with E-state index in [-0.39, 0.29) is 23.8 Å². The van der Waals surface area contributed by atoms with Crippen molar-refractivity contribution in [3.8, 4) is 11.5 Å². The Morgan fingerprint density at radius 3 is 2.67 bits per heavy atom. The van der Waals surface area contributed by atoms with Crippen LogP contribution in [0, 0.1) is 0 Å². The Morgan fingerprint density at radius 1 is 1.11 bits per heavy atom. The van der Waals surface area contributed by atoms with Gasteiger partial charge in [0.2, 0.25) is 11.8 Å². The number of ether oxygens (including phenoxy) is 2. The van der Waals surface area contributed by atoms with Gasteiger partial charge in [-0.3, -0.25) is 9.59 Å². The smallest absolute Gasteiger partial charge is 0.239 e. The number of rotatable bonds is 5. The summed E-state index contributed by atoms with van der Waals surface area (Å²) < 4.78 is 11.2. The molecule has 2 aliphatic heterocycles. The molecule has 2 aliphatic rings. The molecule has 0 atom stereocenters. The van der Waals surface area contributed by atoms with Gasteiger partial charge in [0.25, 0.3) is 0 Å². The highest BCUT2D eigenvalue weighted by atomic mass is 16.6. The van der Waals surface area contributed by atoms with Crippen molar-refractivity contribution >= 4 is 11.8 Å². The van der Waals surface area contributed by atoms with Crippen molar-refractivity contribution in [1.29, 1.82) is 0 Å². The summed E-state index contributed by atoms with van der Waals surface area (Å²) >= 11 is 0. The van der Waals surface area contributed by atoms with Gasteiger partial charge in [0, 0.05) is 24.9 Å². The van der Waals surface area contributed by atoms with Crippen molar-refractivity contribution in [2.24, 2.45) is 0 Å². The van der Waals surface area contributed by atoms with Gasteiger partial charge in [0.05, 0.1) is 6.54 Å². The van der Waals surface area contributed by atoms with E-state index in [4.69, 9.17) is 9.47 Å². The number of hydrogen-bond donors (Lipinski definition) is 1. The quantitative estimate of drug-likeness (QED) is 0.860. The molecule has 1 aromatic carbocycles. The second-order valence-electron chi connectivity index (χ2n) is 8.00. The summed E-state index contributed by atoms with van der Waals surface area (Å²) in [5, 5.41) is 3.00. The molecule has 27 heavy (non-hydrogen) atoms. The number of amides is 2. The first-order valence-electron chi connectivity index (χ1n) is 9.90. The standard InChI is InChI=1S/C21H30N2O4/c1-21(2,16-8-9-17-18(13-16)27-12-11-26-17)15-22-19(24)14-23-10-6-4-3-5-7-20(23)25/h8-9,13H,3-7,10-12,14-15H2,1-2H3,(H,22,24). The molecule has 148 valence electrons. The Labute approximate surface area is 161 Å². The third-order valence-corrected chi connectivity index (χ3v) is 5.31. The van der Waals surface area contributed by atoms with E-state index in [2.05, 4.69) is 19.2 Å². The summed E-state index contributed by atoms with van der Waals surface area (Å²) in [7, 11) is 0. The van der Waals surface area contributed by atoms with Gasteiger partial charge in [-0.2, -0.15) is 0 Å². The molecule has 0 unspecified atom stereocenters. The molecule has 6 heteroatoms. The largest absolute Gasteiger partial charge is 0.486 e. The molecule has 0 bridgehead atoms. The fourth-order valence-electron chi connectivity index (χ4n) is 3.50. The topological polar surface area (TPSA) is 67.9 Å². The van der Waals surface area contributed by atoms with Crippen LogP contribution in [0.2, 0.25) is 0 Å². The lowest BCUT2D eigenvalue weighted by Crippen LogP contribution is -2.44. The Balaban J connectivity index is 1.56. The maximum absolute atomic E-state index is 12.4. The van der Waals surface area contributed by atoms with Crippen LogP contribution in [0.1, 0.15) is 51.5 Å². The molecule has 0 radical (unpaired) electrons. The van der Waals surface area contributed by atoms with Crippen molar-refractivity contribution in [3.05, 3.63) is 23.8 Å². The first-order valence-corrected chi connectivity index (χ1v) is 9.90. The minimum Gasteiger partial charge on any atom is -0.486 e. The molecule has 0 aromatic heterocycles. The second-order valence-corrected chi connectivity index (χ2v) is 8.00. The first kappa shape index (κ1) is 19.5. The van der Waals surface area contributed by atoms with Crippen LogP contribution in [-0.4, -0.2) is 49.6 Å². The predicted molar refractivity (Wildman–Crippen MR) is 103 cm³/mol. The highest BCUT2D eigenvalue weighted by Gasteiger charge is 2.25. The van der Waals surface area contributed by atoms with E-state index in [1.54, 1.807) is 4.90 Å². The van der Waals surface area contributed by atoms with Crippen LogP contribution in [-0.2, 0) is 15.0 Å². The van der Waals surface area contributed by atoms with E-state index >= 15 is 0 Å². The number of nitrogens with zero attached hydrogens (tertiary/aromatic N) is 1. The Hall–Kier alpha value is -2.24. The van der Waals surface area contributed by atoms with Gasteiger partial charge in [-0.1, -0.05) is 32.8 Å². The molecule has 1 saturated heterocycles. The lowest BCUT2D eigenvalue weighted by molar-refractivity contribution is -0.136. The van der Waals surface area contributed by atoms with Crippen LogP contribution in [0.5, 0.6) is 11.5 Å². The highest BCUT2D eigenvalue weighted by molar-refractivity contribution is 5.84. The normalized spacial score (nSPS) is 17.9. The van der Waals surface area contributed by atoms with Gasteiger partial charge in [-0.25, -0.2) is 0 Å². The van der Waals surface area contributed by atoms with Gasteiger partial charge in [0.1, 0.15) is 13.2 Å². The van der Waals surface area contributed by atoms with Crippen molar-refractivity contribution in [2.45, 2.75) is 51.4 Å². The van der Waals surface area contributed by atoms with E-state index in [1.165, 1.54) is 0 Å². The molecule has 6 nitrogen and oxygen atoms in total. The maximum Gasteiger partial charge on any atom is 0.239 e.